The highest BCUT2D eigenvalue weighted by molar-refractivity contribution is 5.80. The van der Waals surface area contributed by atoms with E-state index in [0.29, 0.717) is 19.3 Å². The lowest BCUT2D eigenvalue weighted by molar-refractivity contribution is -0.132. The smallest absolute Gasteiger partial charge is 0.249 e. The van der Waals surface area contributed by atoms with Crippen molar-refractivity contribution in [2.24, 2.45) is 0 Å². The van der Waals surface area contributed by atoms with Crippen molar-refractivity contribution in [3.05, 3.63) is 12.2 Å². The maximum Gasteiger partial charge on any atom is 0.249 e. The van der Waals surface area contributed by atoms with Crippen LogP contribution < -0.4 is 5.32 Å². The molecule has 322 valence electrons. The molecule has 0 heterocycles. The zero-order chi connectivity index (χ0) is 39.7. The molecule has 0 aromatic rings. The van der Waals surface area contributed by atoms with Gasteiger partial charge < -0.3 is 30.8 Å². The van der Waals surface area contributed by atoms with Gasteiger partial charge in [-0.15, -0.1) is 0 Å². The molecule has 0 radical (unpaired) electrons. The molecule has 0 unspecified atom stereocenters. The van der Waals surface area contributed by atoms with E-state index < -0.39 is 43.0 Å². The van der Waals surface area contributed by atoms with E-state index in [-0.39, 0.29) is 6.42 Å². The fourth-order valence-corrected chi connectivity index (χ4v) is 7.46. The molecule has 7 nitrogen and oxygen atoms in total. The van der Waals surface area contributed by atoms with Crippen LogP contribution in [-0.2, 0) is 4.79 Å². The Hall–Kier alpha value is -0.990. The van der Waals surface area contributed by atoms with Gasteiger partial charge in [0.25, 0.3) is 0 Å². The number of carbonyl (C=O) groups excluding carboxylic acids is 1. The molecule has 0 spiro atoms. The van der Waals surface area contributed by atoms with Crippen LogP contribution in [0.3, 0.4) is 0 Å². The van der Waals surface area contributed by atoms with E-state index in [0.717, 1.165) is 25.7 Å². The topological polar surface area (TPSA) is 130 Å². The van der Waals surface area contributed by atoms with Crippen LogP contribution >= 0.6 is 0 Å². The largest absolute Gasteiger partial charge is 0.394 e. The third-order valence-electron chi connectivity index (χ3n) is 11.3. The first-order valence-corrected chi connectivity index (χ1v) is 23.7. The minimum absolute atomic E-state index is 0.176. The lowest BCUT2D eigenvalue weighted by Crippen LogP contribution is -2.50. The number of aliphatic hydroxyl groups is 5. The fraction of sp³-hybridized carbons (Fsp3) is 0.936. The van der Waals surface area contributed by atoms with E-state index >= 15 is 0 Å². The van der Waals surface area contributed by atoms with Crippen LogP contribution in [0, 0.1) is 0 Å². The molecule has 0 rings (SSSR count). The molecular formula is C47H93NO6. The molecule has 6 N–H and O–H groups in total. The van der Waals surface area contributed by atoms with E-state index in [4.69, 9.17) is 0 Å². The normalized spacial score (nSPS) is 14.7. The van der Waals surface area contributed by atoms with Crippen molar-refractivity contribution in [2.75, 3.05) is 6.61 Å². The van der Waals surface area contributed by atoms with Gasteiger partial charge in [0.15, 0.2) is 0 Å². The Kier molecular flexibility index (Phi) is 40.9. The van der Waals surface area contributed by atoms with E-state index in [1.165, 1.54) is 180 Å². The second kappa shape index (κ2) is 41.6. The number of unbranched alkanes of at least 4 members (excludes halogenated alkanes) is 30. The fourth-order valence-electron chi connectivity index (χ4n) is 7.46. The summed E-state index contributed by atoms with van der Waals surface area (Å²) in [6, 6.07) is -1.02. The molecule has 0 aromatic heterocycles. The minimum atomic E-state index is -1.24. The van der Waals surface area contributed by atoms with Gasteiger partial charge in [-0.2, -0.15) is 0 Å². The molecule has 54 heavy (non-hydrogen) atoms. The van der Waals surface area contributed by atoms with Crippen molar-refractivity contribution in [1.82, 2.24) is 5.32 Å². The van der Waals surface area contributed by atoms with Gasteiger partial charge >= 0.3 is 0 Å². The SMILES string of the molecule is CCCCCCCCCCCCCCCCCC/C=C/CC[C@@H](O)[C@@H](O)C[C@@H](O)[C@H](CO)NC(=O)[C@H](O)CCCCCCCCCCCCCCCCC. The van der Waals surface area contributed by atoms with E-state index in [2.05, 4.69) is 31.3 Å². The minimum Gasteiger partial charge on any atom is -0.394 e. The second-order valence-electron chi connectivity index (χ2n) is 16.6. The van der Waals surface area contributed by atoms with Crippen LogP contribution in [0.1, 0.15) is 245 Å². The van der Waals surface area contributed by atoms with Crippen LogP contribution in [0.15, 0.2) is 12.2 Å². The summed E-state index contributed by atoms with van der Waals surface area (Å²) in [4.78, 5) is 12.5. The highest BCUT2D eigenvalue weighted by Gasteiger charge is 2.28. The van der Waals surface area contributed by atoms with Crippen LogP contribution in [0.2, 0.25) is 0 Å². The molecular weight excluding hydrogens is 675 g/mol. The van der Waals surface area contributed by atoms with Crippen molar-refractivity contribution < 1.29 is 30.3 Å². The third kappa shape index (κ3) is 35.4. The van der Waals surface area contributed by atoms with Gasteiger partial charge in [0, 0.05) is 6.42 Å². The molecule has 7 heteroatoms. The highest BCUT2D eigenvalue weighted by Crippen LogP contribution is 2.17. The predicted octanol–water partition coefficient (Wildman–Crippen LogP) is 11.5. The molecule has 1 amide bonds. The number of nitrogens with one attached hydrogen (secondary N) is 1. The Morgan fingerprint density at radius 2 is 0.796 bits per heavy atom. The van der Waals surface area contributed by atoms with Gasteiger partial charge in [-0.05, 0) is 32.1 Å². The Bertz CT molecular complexity index is 794. The van der Waals surface area contributed by atoms with Gasteiger partial charge in [0.2, 0.25) is 5.91 Å². The molecule has 0 aliphatic carbocycles. The van der Waals surface area contributed by atoms with Gasteiger partial charge in [0.1, 0.15) is 6.10 Å². The maximum atomic E-state index is 12.5. The van der Waals surface area contributed by atoms with E-state index in [9.17, 15) is 30.3 Å². The Labute approximate surface area is 335 Å². The average Bonchev–Trinajstić information content (AvgIpc) is 3.17. The molecule has 0 saturated heterocycles. The van der Waals surface area contributed by atoms with Crippen molar-refractivity contribution >= 4 is 5.91 Å². The summed E-state index contributed by atoms with van der Waals surface area (Å²) in [5.41, 5.74) is 0. The molecule has 0 aliphatic rings. The standard InChI is InChI=1S/C47H93NO6/c1-3-5-7-9-11-13-15-17-19-20-21-22-23-25-26-28-30-32-34-36-38-43(50)46(53)40-45(52)42(41-49)48-47(54)44(51)39-37-35-33-31-29-27-24-18-16-14-12-10-8-6-4-2/h32,34,42-46,49-53H,3-31,33,35-41H2,1-2H3,(H,48,54)/b34-32+/t42-,43+,44+,45+,46-/m0/s1. The first-order valence-electron chi connectivity index (χ1n) is 23.7. The van der Waals surface area contributed by atoms with Gasteiger partial charge in [-0.1, -0.05) is 219 Å². The summed E-state index contributed by atoms with van der Waals surface area (Å²) in [6.45, 7) is 4.01. The van der Waals surface area contributed by atoms with Crippen LogP contribution in [-0.4, -0.2) is 68.5 Å². The van der Waals surface area contributed by atoms with Crippen LogP contribution in [0.25, 0.3) is 0 Å². The maximum absolute atomic E-state index is 12.5. The monoisotopic (exact) mass is 768 g/mol. The summed E-state index contributed by atoms with van der Waals surface area (Å²) in [7, 11) is 0. The lowest BCUT2D eigenvalue weighted by atomic mass is 9.98. The van der Waals surface area contributed by atoms with E-state index in [1.807, 2.05) is 0 Å². The number of carbonyl (C=O) groups is 1. The average molecular weight is 768 g/mol. The second-order valence-corrected chi connectivity index (χ2v) is 16.6. The Morgan fingerprint density at radius 1 is 0.444 bits per heavy atom. The number of rotatable bonds is 43. The summed E-state index contributed by atoms with van der Waals surface area (Å²) in [5, 5.41) is 54.1. The zero-order valence-electron chi connectivity index (χ0n) is 35.8. The van der Waals surface area contributed by atoms with Crippen molar-refractivity contribution in [2.45, 2.75) is 275 Å². The quantitative estimate of drug-likeness (QED) is 0.0271. The lowest BCUT2D eigenvalue weighted by Gasteiger charge is -2.27. The van der Waals surface area contributed by atoms with Gasteiger partial charge in [-0.25, -0.2) is 0 Å². The van der Waals surface area contributed by atoms with Crippen LogP contribution in [0.5, 0.6) is 0 Å². The summed E-state index contributed by atoms with van der Waals surface area (Å²) < 4.78 is 0. The number of hydrogen-bond donors (Lipinski definition) is 6. The van der Waals surface area contributed by atoms with Gasteiger partial charge in [0.05, 0.1) is 31.0 Å². The van der Waals surface area contributed by atoms with Crippen molar-refractivity contribution in [3.8, 4) is 0 Å². The summed E-state index contributed by atoms with van der Waals surface area (Å²) in [5.74, 6) is -0.622. The predicted molar refractivity (Wildman–Crippen MR) is 230 cm³/mol. The number of hydrogen-bond acceptors (Lipinski definition) is 6. The Balaban J connectivity index is 3.82. The highest BCUT2D eigenvalue weighted by atomic mass is 16.3. The summed E-state index contributed by atoms with van der Waals surface area (Å²) in [6.07, 6.45) is 42.4. The molecule has 5 atom stereocenters. The van der Waals surface area contributed by atoms with E-state index in [1.54, 1.807) is 0 Å². The zero-order valence-corrected chi connectivity index (χ0v) is 35.8. The van der Waals surface area contributed by atoms with Crippen molar-refractivity contribution in [1.29, 1.82) is 0 Å². The first-order chi connectivity index (χ1) is 26.4. The molecule has 0 aromatic carbocycles. The van der Waals surface area contributed by atoms with Gasteiger partial charge in [-0.3, -0.25) is 4.79 Å². The molecule has 0 aliphatic heterocycles. The van der Waals surface area contributed by atoms with Crippen LogP contribution in [0.4, 0.5) is 0 Å². The first kappa shape index (κ1) is 53.0. The van der Waals surface area contributed by atoms with Crippen molar-refractivity contribution in [3.63, 3.8) is 0 Å². The Morgan fingerprint density at radius 3 is 1.19 bits per heavy atom. The summed E-state index contributed by atoms with van der Waals surface area (Å²) >= 11 is 0. The molecule has 0 saturated carbocycles. The molecule has 0 bridgehead atoms. The number of aliphatic hydroxyl groups excluding tert-OH is 5. The number of allylic oxidation sites excluding steroid dienone is 2. The number of amides is 1. The third-order valence-corrected chi connectivity index (χ3v) is 11.3. The molecule has 0 fully saturated rings.